The van der Waals surface area contributed by atoms with Crippen molar-refractivity contribution in [3.8, 4) is 0 Å². The van der Waals surface area contributed by atoms with Crippen LogP contribution in [0.2, 0.25) is 0 Å². The Kier molecular flexibility index (Phi) is 3.81. The first-order valence-electron chi connectivity index (χ1n) is 3.83. The number of aromatic nitrogens is 4. The average molecular weight is 190 g/mol. The minimum Gasteiger partial charge on any atom is -0.384 e. The quantitative estimate of drug-likeness (QED) is 0.611. The number of hydrogen-bond acceptors (Lipinski definition) is 6. The number of nitrogens with zero attached hydrogens (tertiary/aromatic N) is 4. The molecule has 72 valence electrons. The molecular formula is C8H10N6. The third-order valence-corrected chi connectivity index (χ3v) is 1.17. The molecule has 2 rings (SSSR count). The van der Waals surface area contributed by atoms with Crippen LogP contribution in [-0.4, -0.2) is 19.9 Å². The molecule has 0 spiro atoms. The summed E-state index contributed by atoms with van der Waals surface area (Å²) in [5.74, 6) is 0.613. The third kappa shape index (κ3) is 3.96. The van der Waals surface area contributed by atoms with E-state index < -0.39 is 0 Å². The van der Waals surface area contributed by atoms with Crippen LogP contribution in [0.25, 0.3) is 0 Å². The van der Waals surface area contributed by atoms with Gasteiger partial charge in [0.15, 0.2) is 0 Å². The van der Waals surface area contributed by atoms with Crippen LogP contribution in [0, 0.1) is 0 Å². The van der Waals surface area contributed by atoms with E-state index in [4.69, 9.17) is 11.5 Å². The number of hydrogen-bond donors (Lipinski definition) is 2. The predicted molar refractivity (Wildman–Crippen MR) is 52.9 cm³/mol. The largest absolute Gasteiger partial charge is 0.384 e. The summed E-state index contributed by atoms with van der Waals surface area (Å²) in [6.45, 7) is 0. The van der Waals surface area contributed by atoms with Crippen LogP contribution in [-0.2, 0) is 0 Å². The smallest absolute Gasteiger partial charge is 0.221 e. The van der Waals surface area contributed by atoms with Gasteiger partial charge in [-0.05, 0) is 12.1 Å². The van der Waals surface area contributed by atoms with Gasteiger partial charge in [0.2, 0.25) is 5.95 Å². The van der Waals surface area contributed by atoms with E-state index in [1.165, 1.54) is 12.5 Å². The summed E-state index contributed by atoms with van der Waals surface area (Å²) in [4.78, 5) is 14.6. The molecule has 14 heavy (non-hydrogen) atoms. The molecule has 0 bridgehead atoms. The monoisotopic (exact) mass is 190 g/mol. The highest BCUT2D eigenvalue weighted by Crippen LogP contribution is 1.94. The van der Waals surface area contributed by atoms with Gasteiger partial charge in [0.25, 0.3) is 0 Å². The molecule has 6 nitrogen and oxygen atoms in total. The molecular weight excluding hydrogens is 180 g/mol. The highest BCUT2D eigenvalue weighted by molar-refractivity contribution is 5.31. The molecule has 0 unspecified atom stereocenters. The molecule has 0 aliphatic heterocycles. The van der Waals surface area contributed by atoms with E-state index in [1.54, 1.807) is 24.5 Å². The Hall–Kier alpha value is -2.24. The zero-order chi connectivity index (χ0) is 10.2. The molecule has 0 aliphatic carbocycles. The summed E-state index contributed by atoms with van der Waals surface area (Å²) in [6, 6.07) is 3.36. The lowest BCUT2D eigenvalue weighted by Gasteiger charge is -1.89. The van der Waals surface area contributed by atoms with E-state index in [0.29, 0.717) is 5.82 Å². The third-order valence-electron chi connectivity index (χ3n) is 1.17. The van der Waals surface area contributed by atoms with Crippen LogP contribution in [0.4, 0.5) is 11.8 Å². The molecule has 0 saturated carbocycles. The number of nitrogens with two attached hydrogens (primary N) is 2. The van der Waals surface area contributed by atoms with E-state index >= 15 is 0 Å². The maximum absolute atomic E-state index is 5.23. The summed E-state index contributed by atoms with van der Waals surface area (Å²) in [5, 5.41) is 0. The van der Waals surface area contributed by atoms with Gasteiger partial charge < -0.3 is 11.5 Å². The Balaban J connectivity index is 0.000000146. The van der Waals surface area contributed by atoms with Gasteiger partial charge in [0.1, 0.15) is 12.1 Å². The Morgan fingerprint density at radius 1 is 1.00 bits per heavy atom. The molecule has 0 aliphatic rings. The maximum Gasteiger partial charge on any atom is 0.221 e. The lowest BCUT2D eigenvalue weighted by atomic mass is 10.6. The summed E-state index contributed by atoms with van der Waals surface area (Å²) in [5.41, 5.74) is 10.4. The molecule has 0 atom stereocenters. The van der Waals surface area contributed by atoms with Gasteiger partial charge in [-0.3, -0.25) is 0 Å². The SMILES string of the molecule is Nc1ccnc(N)n1.c1cncnc1. The van der Waals surface area contributed by atoms with Crippen molar-refractivity contribution in [1.29, 1.82) is 0 Å². The molecule has 0 amide bonds. The molecule has 2 aromatic heterocycles. The first-order valence-corrected chi connectivity index (χ1v) is 3.83. The Bertz CT molecular complexity index is 319. The summed E-state index contributed by atoms with van der Waals surface area (Å²) in [7, 11) is 0. The lowest BCUT2D eigenvalue weighted by molar-refractivity contribution is 1.17. The standard InChI is InChI=1S/C4H6N4.C4H4N2/c5-3-1-2-7-4(6)8-3;1-2-5-4-6-3-1/h1-2H,(H4,5,6,7,8);1-4H. The van der Waals surface area contributed by atoms with Gasteiger partial charge in [0.05, 0.1) is 0 Å². The first kappa shape index (κ1) is 9.85. The molecule has 0 fully saturated rings. The molecule has 2 aromatic rings. The van der Waals surface area contributed by atoms with E-state index in [1.807, 2.05) is 0 Å². The normalized spacial score (nSPS) is 8.57. The van der Waals surface area contributed by atoms with Crippen molar-refractivity contribution in [3.05, 3.63) is 37.1 Å². The van der Waals surface area contributed by atoms with Crippen LogP contribution in [0.15, 0.2) is 37.1 Å². The molecule has 2 heterocycles. The second-order valence-electron chi connectivity index (χ2n) is 2.24. The van der Waals surface area contributed by atoms with Gasteiger partial charge in [-0.1, -0.05) is 0 Å². The molecule has 6 heteroatoms. The van der Waals surface area contributed by atoms with Gasteiger partial charge in [0, 0.05) is 18.6 Å². The van der Waals surface area contributed by atoms with Crippen molar-refractivity contribution >= 4 is 11.8 Å². The first-order chi connectivity index (χ1) is 6.79. The minimum atomic E-state index is 0.213. The van der Waals surface area contributed by atoms with E-state index in [-0.39, 0.29) is 5.95 Å². The summed E-state index contributed by atoms with van der Waals surface area (Å²) in [6.07, 6.45) is 6.39. The van der Waals surface area contributed by atoms with Crippen molar-refractivity contribution in [2.75, 3.05) is 11.5 Å². The Morgan fingerprint density at radius 3 is 2.00 bits per heavy atom. The van der Waals surface area contributed by atoms with Gasteiger partial charge >= 0.3 is 0 Å². The average Bonchev–Trinajstić information content (AvgIpc) is 2.21. The number of anilines is 2. The van der Waals surface area contributed by atoms with Crippen LogP contribution in [0.1, 0.15) is 0 Å². The van der Waals surface area contributed by atoms with Crippen molar-refractivity contribution in [2.24, 2.45) is 0 Å². The lowest BCUT2D eigenvalue weighted by Crippen LogP contribution is -1.96. The predicted octanol–water partition coefficient (Wildman–Crippen LogP) is 0.118. The molecule has 0 saturated heterocycles. The van der Waals surface area contributed by atoms with Crippen LogP contribution in [0.5, 0.6) is 0 Å². The highest BCUT2D eigenvalue weighted by Gasteiger charge is 1.84. The van der Waals surface area contributed by atoms with Crippen molar-refractivity contribution < 1.29 is 0 Å². The van der Waals surface area contributed by atoms with Gasteiger partial charge in [-0.15, -0.1) is 0 Å². The highest BCUT2D eigenvalue weighted by atomic mass is 15.0. The molecule has 4 N–H and O–H groups in total. The van der Waals surface area contributed by atoms with Crippen molar-refractivity contribution in [3.63, 3.8) is 0 Å². The zero-order valence-corrected chi connectivity index (χ0v) is 7.41. The second-order valence-corrected chi connectivity index (χ2v) is 2.24. The maximum atomic E-state index is 5.23. The molecule has 0 aromatic carbocycles. The fourth-order valence-corrected chi connectivity index (χ4v) is 0.642. The second kappa shape index (κ2) is 5.41. The van der Waals surface area contributed by atoms with Gasteiger partial charge in [-0.25, -0.2) is 15.0 Å². The fourth-order valence-electron chi connectivity index (χ4n) is 0.642. The van der Waals surface area contributed by atoms with Gasteiger partial charge in [-0.2, -0.15) is 4.98 Å². The minimum absolute atomic E-state index is 0.213. The van der Waals surface area contributed by atoms with Crippen molar-refractivity contribution in [1.82, 2.24) is 19.9 Å². The van der Waals surface area contributed by atoms with Crippen LogP contribution in [0.3, 0.4) is 0 Å². The van der Waals surface area contributed by atoms with E-state index in [9.17, 15) is 0 Å². The number of rotatable bonds is 0. The topological polar surface area (TPSA) is 104 Å². The van der Waals surface area contributed by atoms with Crippen LogP contribution >= 0.6 is 0 Å². The van der Waals surface area contributed by atoms with E-state index in [2.05, 4.69) is 19.9 Å². The zero-order valence-electron chi connectivity index (χ0n) is 7.41. The van der Waals surface area contributed by atoms with Crippen molar-refractivity contribution in [2.45, 2.75) is 0 Å². The number of nitrogen functional groups attached to an aromatic ring is 2. The summed E-state index contributed by atoms with van der Waals surface area (Å²) < 4.78 is 0. The molecule has 0 radical (unpaired) electrons. The summed E-state index contributed by atoms with van der Waals surface area (Å²) >= 11 is 0. The fraction of sp³-hybridized carbons (Fsp3) is 0. The van der Waals surface area contributed by atoms with E-state index in [0.717, 1.165) is 0 Å². The Labute approximate surface area is 81.1 Å². The van der Waals surface area contributed by atoms with Crippen LogP contribution < -0.4 is 11.5 Å². The Morgan fingerprint density at radius 2 is 1.71 bits per heavy atom.